The monoisotopic (exact) mass is 355 g/mol. The Morgan fingerprint density at radius 1 is 1.15 bits per heavy atom. The summed E-state index contributed by atoms with van der Waals surface area (Å²) in [7, 11) is 0. The standard InChI is InChI=1S/C21H29N3O2/c1-13(2)18-10-9-15(11-22-18)23-21(26)20(25)17-12-24(14(3)4)19-8-6-5-7-16(17)19/h5-8,12-15,18,22H,9-11H2,1-4H3,(H,23,26). The Balaban J connectivity index is 1.74. The SMILES string of the molecule is CC(C)C1CCC(NC(=O)C(=O)c2cn(C(C)C)c3ccccc23)CN1. The third kappa shape index (κ3) is 3.68. The lowest BCUT2D eigenvalue weighted by atomic mass is 9.92. The van der Waals surface area contributed by atoms with Crippen LogP contribution in [0.5, 0.6) is 0 Å². The van der Waals surface area contributed by atoms with Crippen molar-refractivity contribution in [3.05, 3.63) is 36.0 Å². The van der Waals surface area contributed by atoms with Crippen LogP contribution in [0, 0.1) is 5.92 Å². The summed E-state index contributed by atoms with van der Waals surface area (Å²) in [5.74, 6) is -0.381. The molecule has 3 rings (SSSR count). The molecule has 1 fully saturated rings. The highest BCUT2D eigenvalue weighted by atomic mass is 16.2. The van der Waals surface area contributed by atoms with Crippen LogP contribution in [0.4, 0.5) is 0 Å². The minimum atomic E-state index is -0.508. The molecule has 5 nitrogen and oxygen atoms in total. The molecular formula is C21H29N3O2. The highest BCUT2D eigenvalue weighted by Gasteiger charge is 2.27. The van der Waals surface area contributed by atoms with E-state index in [1.54, 1.807) is 0 Å². The van der Waals surface area contributed by atoms with E-state index in [0.29, 0.717) is 17.5 Å². The van der Waals surface area contributed by atoms with Gasteiger partial charge in [-0.25, -0.2) is 0 Å². The van der Waals surface area contributed by atoms with Gasteiger partial charge in [0.1, 0.15) is 0 Å². The van der Waals surface area contributed by atoms with Gasteiger partial charge in [0.15, 0.2) is 0 Å². The predicted octanol–water partition coefficient (Wildman–Crippen LogP) is 3.30. The predicted molar refractivity (Wildman–Crippen MR) is 104 cm³/mol. The van der Waals surface area contributed by atoms with E-state index >= 15 is 0 Å². The number of nitrogens with zero attached hydrogens (tertiary/aromatic N) is 1. The topological polar surface area (TPSA) is 63.1 Å². The maximum absolute atomic E-state index is 12.8. The first-order valence-corrected chi connectivity index (χ1v) is 9.56. The minimum absolute atomic E-state index is 0.0138. The molecular weight excluding hydrogens is 326 g/mol. The fraction of sp³-hybridized carbons (Fsp3) is 0.524. The Morgan fingerprint density at radius 3 is 2.50 bits per heavy atom. The number of rotatable bonds is 5. The third-order valence-electron chi connectivity index (χ3n) is 5.34. The normalized spacial score (nSPS) is 20.7. The molecule has 2 N–H and O–H groups in total. The fourth-order valence-corrected chi connectivity index (χ4v) is 3.76. The summed E-state index contributed by atoms with van der Waals surface area (Å²) >= 11 is 0. The molecule has 140 valence electrons. The van der Waals surface area contributed by atoms with Gasteiger partial charge in [0.2, 0.25) is 0 Å². The minimum Gasteiger partial charge on any atom is -0.345 e. The molecule has 2 aromatic rings. The van der Waals surface area contributed by atoms with E-state index in [0.717, 1.165) is 30.3 Å². The Labute approximate surface area is 155 Å². The lowest BCUT2D eigenvalue weighted by Crippen LogP contribution is -2.52. The fourth-order valence-electron chi connectivity index (χ4n) is 3.76. The summed E-state index contributed by atoms with van der Waals surface area (Å²) in [6.45, 7) is 9.25. The molecule has 0 saturated carbocycles. The van der Waals surface area contributed by atoms with E-state index in [1.807, 2.05) is 35.0 Å². The molecule has 1 aliphatic heterocycles. The first-order chi connectivity index (χ1) is 12.4. The van der Waals surface area contributed by atoms with Crippen molar-refractivity contribution in [2.45, 2.75) is 58.7 Å². The van der Waals surface area contributed by atoms with E-state index in [1.165, 1.54) is 0 Å². The molecule has 0 bridgehead atoms. The quantitative estimate of drug-likeness (QED) is 0.639. The van der Waals surface area contributed by atoms with Gasteiger partial charge in [-0.2, -0.15) is 0 Å². The number of benzene rings is 1. The Morgan fingerprint density at radius 2 is 1.88 bits per heavy atom. The van der Waals surface area contributed by atoms with E-state index < -0.39 is 11.7 Å². The van der Waals surface area contributed by atoms with Gasteiger partial charge in [-0.05, 0) is 38.7 Å². The van der Waals surface area contributed by atoms with E-state index in [2.05, 4.69) is 38.3 Å². The largest absolute Gasteiger partial charge is 0.345 e. The zero-order valence-electron chi connectivity index (χ0n) is 16.1. The van der Waals surface area contributed by atoms with Crippen molar-refractivity contribution in [3.8, 4) is 0 Å². The number of Topliss-reactive ketones (excluding diaryl/α,β-unsaturated/α-hetero) is 1. The summed E-state index contributed by atoms with van der Waals surface area (Å²) < 4.78 is 2.05. The number of aromatic nitrogens is 1. The average molecular weight is 355 g/mol. The second kappa shape index (κ2) is 7.62. The molecule has 0 spiro atoms. The van der Waals surface area contributed by atoms with E-state index in [4.69, 9.17) is 0 Å². The lowest BCUT2D eigenvalue weighted by molar-refractivity contribution is -0.117. The highest BCUT2D eigenvalue weighted by Crippen LogP contribution is 2.25. The van der Waals surface area contributed by atoms with Crippen molar-refractivity contribution in [1.82, 2.24) is 15.2 Å². The number of amides is 1. The number of ketones is 1. The van der Waals surface area contributed by atoms with Gasteiger partial charge in [-0.3, -0.25) is 9.59 Å². The van der Waals surface area contributed by atoms with Crippen LogP contribution in [-0.4, -0.2) is 34.9 Å². The number of nitrogens with one attached hydrogen (secondary N) is 2. The van der Waals surface area contributed by atoms with Gasteiger partial charge in [0.05, 0.1) is 5.56 Å². The summed E-state index contributed by atoms with van der Waals surface area (Å²) in [4.78, 5) is 25.3. The number of hydrogen-bond donors (Lipinski definition) is 2. The van der Waals surface area contributed by atoms with Crippen LogP contribution >= 0.6 is 0 Å². The molecule has 1 aromatic carbocycles. The number of para-hydroxylation sites is 1. The van der Waals surface area contributed by atoms with Gasteiger partial charge in [-0.15, -0.1) is 0 Å². The maximum atomic E-state index is 12.8. The molecule has 0 aliphatic carbocycles. The molecule has 0 radical (unpaired) electrons. The first kappa shape index (κ1) is 18.6. The van der Waals surface area contributed by atoms with Crippen molar-refractivity contribution in [2.24, 2.45) is 5.92 Å². The van der Waals surface area contributed by atoms with Crippen molar-refractivity contribution in [3.63, 3.8) is 0 Å². The van der Waals surface area contributed by atoms with Gasteiger partial charge < -0.3 is 15.2 Å². The molecule has 1 amide bonds. The number of hydrogen-bond acceptors (Lipinski definition) is 3. The smallest absolute Gasteiger partial charge is 0.292 e. The maximum Gasteiger partial charge on any atom is 0.292 e. The van der Waals surface area contributed by atoms with Crippen LogP contribution in [-0.2, 0) is 4.79 Å². The number of piperidine rings is 1. The molecule has 2 atom stereocenters. The van der Waals surface area contributed by atoms with Gasteiger partial charge >= 0.3 is 0 Å². The van der Waals surface area contributed by atoms with Crippen molar-refractivity contribution >= 4 is 22.6 Å². The zero-order valence-corrected chi connectivity index (χ0v) is 16.1. The van der Waals surface area contributed by atoms with Crippen LogP contribution < -0.4 is 10.6 Å². The van der Waals surface area contributed by atoms with E-state index in [-0.39, 0.29) is 12.1 Å². The molecule has 2 heterocycles. The highest BCUT2D eigenvalue weighted by molar-refractivity contribution is 6.45. The van der Waals surface area contributed by atoms with Gasteiger partial charge in [0.25, 0.3) is 11.7 Å². The number of fused-ring (bicyclic) bond motifs is 1. The molecule has 1 saturated heterocycles. The van der Waals surface area contributed by atoms with Crippen molar-refractivity contribution < 1.29 is 9.59 Å². The Kier molecular flexibility index (Phi) is 5.47. The Hall–Kier alpha value is -2.14. The summed E-state index contributed by atoms with van der Waals surface area (Å²) in [6, 6.07) is 8.47. The molecule has 1 aromatic heterocycles. The average Bonchev–Trinajstić information content (AvgIpc) is 3.01. The Bertz CT molecular complexity index is 799. The number of carbonyl (C=O) groups is 2. The molecule has 26 heavy (non-hydrogen) atoms. The van der Waals surface area contributed by atoms with Crippen LogP contribution in [0.3, 0.4) is 0 Å². The summed E-state index contributed by atoms with van der Waals surface area (Å²) in [6.07, 6.45) is 3.73. The zero-order chi connectivity index (χ0) is 18.8. The van der Waals surface area contributed by atoms with Crippen molar-refractivity contribution in [1.29, 1.82) is 0 Å². The summed E-state index contributed by atoms with van der Waals surface area (Å²) in [5, 5.41) is 7.23. The van der Waals surface area contributed by atoms with Crippen LogP contribution in [0.15, 0.2) is 30.5 Å². The molecule has 2 unspecified atom stereocenters. The summed E-state index contributed by atoms with van der Waals surface area (Å²) in [5.41, 5.74) is 1.47. The number of carbonyl (C=O) groups excluding carboxylic acids is 2. The second-order valence-electron chi connectivity index (χ2n) is 7.90. The van der Waals surface area contributed by atoms with E-state index in [9.17, 15) is 9.59 Å². The lowest BCUT2D eigenvalue weighted by Gasteiger charge is -2.32. The van der Waals surface area contributed by atoms with Crippen LogP contribution in [0.2, 0.25) is 0 Å². The van der Waals surface area contributed by atoms with Crippen LogP contribution in [0.1, 0.15) is 56.9 Å². The first-order valence-electron chi connectivity index (χ1n) is 9.56. The van der Waals surface area contributed by atoms with Crippen molar-refractivity contribution in [2.75, 3.05) is 6.54 Å². The van der Waals surface area contributed by atoms with Gasteiger partial charge in [0, 0.05) is 41.8 Å². The third-order valence-corrected chi connectivity index (χ3v) is 5.34. The van der Waals surface area contributed by atoms with Gasteiger partial charge in [-0.1, -0.05) is 32.0 Å². The molecule has 5 heteroatoms. The second-order valence-corrected chi connectivity index (χ2v) is 7.90. The molecule has 1 aliphatic rings. The van der Waals surface area contributed by atoms with Crippen LogP contribution in [0.25, 0.3) is 10.9 Å².